The van der Waals surface area contributed by atoms with Crippen molar-refractivity contribution in [3.63, 3.8) is 0 Å². The molecule has 40 heavy (non-hydrogen) atoms. The second-order valence-corrected chi connectivity index (χ2v) is 10.1. The highest BCUT2D eigenvalue weighted by Gasteiger charge is 2.33. The van der Waals surface area contributed by atoms with E-state index in [0.29, 0.717) is 25.0 Å². The van der Waals surface area contributed by atoms with Crippen molar-refractivity contribution in [2.45, 2.75) is 43.9 Å². The molecule has 1 N–H and O–H groups in total. The van der Waals surface area contributed by atoms with Gasteiger partial charge in [-0.05, 0) is 68.6 Å². The van der Waals surface area contributed by atoms with E-state index in [9.17, 15) is 22.8 Å². The molecule has 0 saturated carbocycles. The van der Waals surface area contributed by atoms with Gasteiger partial charge in [0.15, 0.2) is 0 Å². The number of hydrogen-bond acceptors (Lipinski definition) is 6. The fourth-order valence-corrected chi connectivity index (χ4v) is 5.30. The molecule has 2 aromatic heterocycles. The standard InChI is InChI=1S/C29H30F3N5O3/c1-36(23-8-5-19(6-9-23)25-10-7-21(16-34-25)28-33-12-14-40-28)24-11-13-37(18-24)26(38)17-35-27(39)20-3-2-4-22(15-20)29(30,31)32/h2-5,7,10,12,14-16,23-24H,6,8-9,11,13,17-18H2,1H3,(H,35,39)/t23?,24-/m0/s1. The average Bonchev–Trinajstić information content (AvgIpc) is 3.69. The quantitative estimate of drug-likeness (QED) is 0.458. The van der Waals surface area contributed by atoms with Gasteiger partial charge in [-0.2, -0.15) is 13.2 Å². The maximum Gasteiger partial charge on any atom is 0.416 e. The number of carbonyl (C=O) groups excluding carboxylic acids is 2. The van der Waals surface area contributed by atoms with Crippen molar-refractivity contribution in [2.75, 3.05) is 26.7 Å². The molecular weight excluding hydrogens is 523 g/mol. The Hall–Kier alpha value is -3.99. The third-order valence-electron chi connectivity index (χ3n) is 7.68. The molecule has 2 atom stereocenters. The van der Waals surface area contributed by atoms with Crippen molar-refractivity contribution >= 4 is 17.4 Å². The van der Waals surface area contributed by atoms with Crippen molar-refractivity contribution in [1.29, 1.82) is 0 Å². The number of oxazole rings is 1. The molecule has 1 aliphatic carbocycles. The van der Waals surface area contributed by atoms with Crippen molar-refractivity contribution in [2.24, 2.45) is 0 Å². The molecule has 1 unspecified atom stereocenters. The third-order valence-corrected chi connectivity index (χ3v) is 7.68. The minimum absolute atomic E-state index is 0.132. The number of aromatic nitrogens is 2. The fraction of sp³-hybridized carbons (Fsp3) is 0.379. The van der Waals surface area contributed by atoms with Gasteiger partial charge in [0.25, 0.3) is 5.91 Å². The van der Waals surface area contributed by atoms with Gasteiger partial charge in [-0.1, -0.05) is 12.1 Å². The first-order valence-corrected chi connectivity index (χ1v) is 13.2. The van der Waals surface area contributed by atoms with Gasteiger partial charge in [-0.25, -0.2) is 4.98 Å². The molecule has 1 aliphatic heterocycles. The summed E-state index contributed by atoms with van der Waals surface area (Å²) in [6.45, 7) is 0.857. The van der Waals surface area contributed by atoms with Crippen molar-refractivity contribution in [3.05, 3.63) is 78.0 Å². The summed E-state index contributed by atoms with van der Waals surface area (Å²) in [6.07, 6.45) is 6.18. The van der Waals surface area contributed by atoms with Gasteiger partial charge in [0, 0.05) is 36.9 Å². The van der Waals surface area contributed by atoms with Crippen LogP contribution in [-0.2, 0) is 11.0 Å². The van der Waals surface area contributed by atoms with Gasteiger partial charge in [0.2, 0.25) is 11.8 Å². The minimum atomic E-state index is -4.54. The second-order valence-electron chi connectivity index (χ2n) is 10.1. The fourth-order valence-electron chi connectivity index (χ4n) is 5.30. The highest BCUT2D eigenvalue weighted by atomic mass is 19.4. The van der Waals surface area contributed by atoms with E-state index < -0.39 is 17.6 Å². The number of nitrogens with zero attached hydrogens (tertiary/aromatic N) is 4. The summed E-state index contributed by atoms with van der Waals surface area (Å²) < 4.78 is 44.1. The van der Waals surface area contributed by atoms with E-state index in [1.807, 2.05) is 12.1 Å². The van der Waals surface area contributed by atoms with Crippen molar-refractivity contribution < 1.29 is 27.2 Å². The highest BCUT2D eigenvalue weighted by molar-refractivity contribution is 5.96. The molecule has 5 rings (SSSR count). The first-order valence-electron chi connectivity index (χ1n) is 13.2. The molecule has 8 nitrogen and oxygen atoms in total. The van der Waals surface area contributed by atoms with E-state index >= 15 is 0 Å². The number of benzene rings is 1. The van der Waals surface area contributed by atoms with E-state index in [-0.39, 0.29) is 24.1 Å². The number of halogens is 3. The number of carbonyl (C=O) groups is 2. The molecule has 0 radical (unpaired) electrons. The largest absolute Gasteiger partial charge is 0.444 e. The summed E-state index contributed by atoms with van der Waals surface area (Å²) in [5, 5.41) is 2.46. The zero-order chi connectivity index (χ0) is 28.3. The molecule has 1 aromatic carbocycles. The predicted molar refractivity (Wildman–Crippen MR) is 142 cm³/mol. The predicted octanol–water partition coefficient (Wildman–Crippen LogP) is 4.65. The third kappa shape index (κ3) is 6.25. The Labute approximate surface area is 229 Å². The van der Waals surface area contributed by atoms with E-state index in [1.165, 1.54) is 24.0 Å². The molecule has 1 fully saturated rings. The molecule has 2 aliphatic rings. The highest BCUT2D eigenvalue weighted by Crippen LogP contribution is 2.31. The molecule has 2 amide bonds. The Bertz CT molecular complexity index is 1370. The number of allylic oxidation sites excluding steroid dienone is 1. The molecule has 0 bridgehead atoms. The number of hydrogen-bond donors (Lipinski definition) is 1. The van der Waals surface area contributed by atoms with Crippen LogP contribution in [0.5, 0.6) is 0 Å². The summed E-state index contributed by atoms with van der Waals surface area (Å²) in [6, 6.07) is 8.65. The molecule has 0 spiro atoms. The van der Waals surface area contributed by atoms with E-state index in [1.54, 1.807) is 17.3 Å². The lowest BCUT2D eigenvalue weighted by Crippen LogP contribution is -2.44. The smallest absolute Gasteiger partial charge is 0.416 e. The van der Waals surface area contributed by atoms with Crippen LogP contribution in [0.3, 0.4) is 0 Å². The second kappa shape index (κ2) is 11.6. The van der Waals surface area contributed by atoms with Crippen LogP contribution in [0, 0.1) is 0 Å². The van der Waals surface area contributed by atoms with Crippen LogP contribution in [0.1, 0.15) is 47.3 Å². The van der Waals surface area contributed by atoms with Crippen molar-refractivity contribution in [1.82, 2.24) is 25.1 Å². The Balaban J connectivity index is 1.10. The zero-order valence-corrected chi connectivity index (χ0v) is 22.0. The summed E-state index contributed by atoms with van der Waals surface area (Å²) in [4.78, 5) is 37.9. The van der Waals surface area contributed by atoms with Crippen LogP contribution in [0.15, 0.2) is 65.5 Å². The number of rotatable bonds is 7. The minimum Gasteiger partial charge on any atom is -0.444 e. The average molecular weight is 554 g/mol. The van der Waals surface area contributed by atoms with Crippen LogP contribution >= 0.6 is 0 Å². The molecule has 1 saturated heterocycles. The van der Waals surface area contributed by atoms with Gasteiger partial charge in [0.05, 0.1) is 29.6 Å². The monoisotopic (exact) mass is 553 g/mol. The van der Waals surface area contributed by atoms with Crippen LogP contribution in [0.25, 0.3) is 17.0 Å². The van der Waals surface area contributed by atoms with E-state index in [2.05, 4.69) is 33.3 Å². The first kappa shape index (κ1) is 27.6. The number of alkyl halides is 3. The normalized spacial score (nSPS) is 19.5. The summed E-state index contributed by atoms with van der Waals surface area (Å²) in [5.74, 6) is -0.416. The molecule has 3 aromatic rings. The number of amides is 2. The maximum absolute atomic E-state index is 12.9. The van der Waals surface area contributed by atoms with Crippen molar-refractivity contribution in [3.8, 4) is 11.5 Å². The molecule has 3 heterocycles. The molecule has 11 heteroatoms. The zero-order valence-electron chi connectivity index (χ0n) is 22.0. The van der Waals surface area contributed by atoms with Crippen LogP contribution in [-0.4, -0.2) is 70.3 Å². The van der Waals surface area contributed by atoms with Gasteiger partial charge >= 0.3 is 6.18 Å². The van der Waals surface area contributed by atoms with Gasteiger partial charge in [-0.3, -0.25) is 19.5 Å². The van der Waals surface area contributed by atoms with E-state index in [4.69, 9.17) is 4.42 Å². The Morgan fingerprint density at radius 2 is 2.00 bits per heavy atom. The summed E-state index contributed by atoms with van der Waals surface area (Å²) in [7, 11) is 2.08. The van der Waals surface area contributed by atoms with Gasteiger partial charge in [0.1, 0.15) is 6.26 Å². The van der Waals surface area contributed by atoms with Crippen LogP contribution in [0.2, 0.25) is 0 Å². The van der Waals surface area contributed by atoms with E-state index in [0.717, 1.165) is 49.1 Å². The van der Waals surface area contributed by atoms with Crippen LogP contribution in [0.4, 0.5) is 13.2 Å². The summed E-state index contributed by atoms with van der Waals surface area (Å²) in [5.41, 5.74) is 1.95. The Morgan fingerprint density at radius 1 is 1.15 bits per heavy atom. The Morgan fingerprint density at radius 3 is 2.67 bits per heavy atom. The molecule has 210 valence electrons. The SMILES string of the molecule is CN(C1CC=C(c2ccc(-c3ncco3)cn2)CC1)[C@H]1CCN(C(=O)CNC(=O)c2cccc(C(F)(F)F)c2)C1. The van der Waals surface area contributed by atoms with Crippen LogP contribution < -0.4 is 5.32 Å². The number of likely N-dealkylation sites (tertiary alicyclic amines) is 1. The lowest BCUT2D eigenvalue weighted by atomic mass is 9.91. The maximum atomic E-state index is 12.9. The summed E-state index contributed by atoms with van der Waals surface area (Å²) >= 11 is 0. The number of likely N-dealkylation sites (N-methyl/N-ethyl adjacent to an activating group) is 1. The number of pyridine rings is 1. The van der Waals surface area contributed by atoms with Gasteiger partial charge < -0.3 is 14.6 Å². The molecular formula is C29H30F3N5O3. The lowest BCUT2D eigenvalue weighted by molar-refractivity contribution is -0.137. The first-order chi connectivity index (χ1) is 19.2. The number of nitrogens with one attached hydrogen (secondary N) is 1. The lowest BCUT2D eigenvalue weighted by Gasteiger charge is -2.35. The Kier molecular flexibility index (Phi) is 8.02. The topological polar surface area (TPSA) is 91.6 Å². The van der Waals surface area contributed by atoms with Gasteiger partial charge in [-0.15, -0.1) is 0 Å².